The van der Waals surface area contributed by atoms with Crippen LogP contribution in [0.15, 0.2) is 36.5 Å². The number of esters is 1. The van der Waals surface area contributed by atoms with E-state index >= 15 is 0 Å². The van der Waals surface area contributed by atoms with E-state index in [2.05, 4.69) is 62.5 Å². The highest BCUT2D eigenvalue weighted by Crippen LogP contribution is 2.18. The molecule has 0 aromatic heterocycles. The van der Waals surface area contributed by atoms with Crippen LogP contribution in [0.3, 0.4) is 0 Å². The second-order valence-electron chi connectivity index (χ2n) is 17.3. The number of aliphatic hydroxyl groups excluding tert-OH is 2. The molecule has 0 rings (SSSR count). The van der Waals surface area contributed by atoms with E-state index in [0.717, 1.165) is 57.8 Å². The number of allylic oxidation sites excluding steroid dienone is 6. The van der Waals surface area contributed by atoms with Crippen LogP contribution >= 0.6 is 0 Å². The summed E-state index contributed by atoms with van der Waals surface area (Å²) in [6, 6.07) is -0.699. The van der Waals surface area contributed by atoms with Crippen LogP contribution in [-0.4, -0.2) is 46.9 Å². The largest absolute Gasteiger partial charge is 0.462 e. The van der Waals surface area contributed by atoms with E-state index in [1.807, 2.05) is 0 Å². The van der Waals surface area contributed by atoms with Gasteiger partial charge in [0.25, 0.3) is 0 Å². The molecule has 0 bridgehead atoms. The molecule has 6 heteroatoms. The summed E-state index contributed by atoms with van der Waals surface area (Å²) in [6.07, 6.45) is 53.5. The van der Waals surface area contributed by atoms with Gasteiger partial charge in [-0.15, -0.1) is 0 Å². The molecule has 0 aliphatic carbocycles. The fraction of sp³-hybridized carbons (Fsp3) is 0.846. The molecule has 340 valence electrons. The highest BCUT2D eigenvalue weighted by molar-refractivity contribution is 5.77. The van der Waals surface area contributed by atoms with Crippen LogP contribution in [0, 0.1) is 0 Å². The lowest BCUT2D eigenvalue weighted by Crippen LogP contribution is -2.46. The molecule has 0 saturated carbocycles. The zero-order chi connectivity index (χ0) is 42.4. The zero-order valence-electron chi connectivity index (χ0n) is 38.7. The van der Waals surface area contributed by atoms with Gasteiger partial charge in [-0.05, 0) is 44.9 Å². The fourth-order valence-electron chi connectivity index (χ4n) is 7.73. The Hall–Kier alpha value is -1.92. The maximum Gasteiger partial charge on any atom is 0.306 e. The Labute approximate surface area is 360 Å². The third kappa shape index (κ3) is 40.8. The van der Waals surface area contributed by atoms with Gasteiger partial charge >= 0.3 is 5.97 Å². The van der Waals surface area contributed by atoms with E-state index in [4.69, 9.17) is 4.74 Å². The normalized spacial score (nSPS) is 13.5. The molecular formula is C52H97NO5. The summed E-state index contributed by atoms with van der Waals surface area (Å²) < 4.78 is 5.90. The molecule has 0 fully saturated rings. The fourth-order valence-corrected chi connectivity index (χ4v) is 7.73. The van der Waals surface area contributed by atoms with Crippen LogP contribution in [0.2, 0.25) is 0 Å². The van der Waals surface area contributed by atoms with E-state index in [9.17, 15) is 19.8 Å². The number of unbranched alkanes of at least 4 members (excludes halogenated alkanes) is 29. The lowest BCUT2D eigenvalue weighted by atomic mass is 10.0. The van der Waals surface area contributed by atoms with Gasteiger partial charge in [-0.1, -0.05) is 237 Å². The van der Waals surface area contributed by atoms with Crippen LogP contribution in [0.25, 0.3) is 0 Å². The summed E-state index contributed by atoms with van der Waals surface area (Å²) >= 11 is 0. The van der Waals surface area contributed by atoms with Crippen molar-refractivity contribution in [2.75, 3.05) is 6.61 Å². The molecule has 1 amide bonds. The van der Waals surface area contributed by atoms with Gasteiger partial charge in [0.1, 0.15) is 6.10 Å². The molecule has 58 heavy (non-hydrogen) atoms. The maximum absolute atomic E-state index is 13.1. The van der Waals surface area contributed by atoms with Gasteiger partial charge in [-0.2, -0.15) is 0 Å². The molecule has 0 saturated heterocycles. The first-order valence-electron chi connectivity index (χ1n) is 25.2. The van der Waals surface area contributed by atoms with E-state index in [1.165, 1.54) is 154 Å². The van der Waals surface area contributed by atoms with Crippen molar-refractivity contribution in [3.8, 4) is 0 Å². The van der Waals surface area contributed by atoms with Gasteiger partial charge in [0.05, 0.1) is 25.2 Å². The Balaban J connectivity index is 4.40. The first-order valence-corrected chi connectivity index (χ1v) is 25.2. The standard InChI is InChI=1S/C52H97NO5/c1-4-7-10-13-16-19-21-23-25-27-28-30-32-35-38-41-44-50(55)49(47-54)53-51(56)46-48(43-40-37-34-18-15-12-9-6-3)58-52(57)45-42-39-36-33-31-29-26-24-22-20-17-14-11-8-5-2/h8,11,14,17,20,22,48-50,54-55H,4-7,9-10,12-13,15-16,18-19,21,23-47H2,1-3H3,(H,53,56)/b11-8+,17-14+,22-20+. The molecule has 6 nitrogen and oxygen atoms in total. The Morgan fingerprint density at radius 2 is 0.931 bits per heavy atom. The monoisotopic (exact) mass is 816 g/mol. The lowest BCUT2D eigenvalue weighted by molar-refractivity contribution is -0.151. The molecule has 0 aliphatic heterocycles. The molecule has 3 atom stereocenters. The molecule has 0 aromatic carbocycles. The SMILES string of the molecule is CC/C=C/C=C/C=C/CCCCCCCCCC(=O)OC(CCCCCCCCCC)CC(=O)NC(CO)C(O)CCCCCCCCCCCCCCCCCC. The third-order valence-corrected chi connectivity index (χ3v) is 11.5. The number of rotatable bonds is 45. The van der Waals surface area contributed by atoms with Crippen molar-refractivity contribution in [3.05, 3.63) is 36.5 Å². The average Bonchev–Trinajstić information content (AvgIpc) is 3.22. The van der Waals surface area contributed by atoms with E-state index in [-0.39, 0.29) is 24.9 Å². The number of hydrogen-bond donors (Lipinski definition) is 3. The van der Waals surface area contributed by atoms with Crippen molar-refractivity contribution in [3.63, 3.8) is 0 Å². The van der Waals surface area contributed by atoms with Gasteiger partial charge in [0.15, 0.2) is 0 Å². The third-order valence-electron chi connectivity index (χ3n) is 11.5. The highest BCUT2D eigenvalue weighted by atomic mass is 16.5. The van der Waals surface area contributed by atoms with Crippen molar-refractivity contribution in [1.29, 1.82) is 0 Å². The topological polar surface area (TPSA) is 95.9 Å². The second-order valence-corrected chi connectivity index (χ2v) is 17.3. The number of carbonyl (C=O) groups excluding carboxylic acids is 2. The first-order chi connectivity index (χ1) is 28.5. The van der Waals surface area contributed by atoms with Crippen LogP contribution in [-0.2, 0) is 14.3 Å². The minimum absolute atomic E-state index is 0.0753. The minimum atomic E-state index is -0.786. The van der Waals surface area contributed by atoms with E-state index in [1.54, 1.807) is 0 Å². The predicted octanol–water partition coefficient (Wildman–Crippen LogP) is 14.9. The summed E-state index contributed by atoms with van der Waals surface area (Å²) in [6.45, 7) is 6.34. The van der Waals surface area contributed by atoms with Crippen LogP contribution < -0.4 is 5.32 Å². The van der Waals surface area contributed by atoms with Crippen molar-refractivity contribution in [2.45, 2.75) is 277 Å². The number of nitrogens with one attached hydrogen (secondary N) is 1. The zero-order valence-corrected chi connectivity index (χ0v) is 38.7. The number of hydrogen-bond acceptors (Lipinski definition) is 5. The summed E-state index contributed by atoms with van der Waals surface area (Å²) in [5, 5.41) is 23.7. The van der Waals surface area contributed by atoms with Crippen LogP contribution in [0.5, 0.6) is 0 Å². The molecule has 0 radical (unpaired) electrons. The quantitative estimate of drug-likeness (QED) is 0.0323. The van der Waals surface area contributed by atoms with Crippen molar-refractivity contribution >= 4 is 11.9 Å². The molecule has 0 heterocycles. The number of aliphatic hydroxyl groups is 2. The summed E-state index contributed by atoms with van der Waals surface area (Å²) in [4.78, 5) is 26.0. The van der Waals surface area contributed by atoms with Crippen molar-refractivity contribution in [2.24, 2.45) is 0 Å². The molecule has 3 N–H and O–H groups in total. The Kier molecular flexibility index (Phi) is 44.6. The molecule has 0 aromatic rings. The average molecular weight is 816 g/mol. The second kappa shape index (κ2) is 46.2. The number of amides is 1. The number of ether oxygens (including phenoxy) is 1. The highest BCUT2D eigenvalue weighted by Gasteiger charge is 2.24. The molecule has 0 aliphatic rings. The van der Waals surface area contributed by atoms with Gasteiger partial charge < -0.3 is 20.3 Å². The lowest BCUT2D eigenvalue weighted by Gasteiger charge is -2.24. The maximum atomic E-state index is 13.1. The predicted molar refractivity (Wildman–Crippen MR) is 250 cm³/mol. The summed E-state index contributed by atoms with van der Waals surface area (Å²) in [5.74, 6) is -0.482. The smallest absolute Gasteiger partial charge is 0.306 e. The minimum Gasteiger partial charge on any atom is -0.462 e. The molecule has 3 unspecified atom stereocenters. The molecule has 0 spiro atoms. The van der Waals surface area contributed by atoms with Gasteiger partial charge in [-0.3, -0.25) is 9.59 Å². The van der Waals surface area contributed by atoms with Crippen molar-refractivity contribution < 1.29 is 24.5 Å². The first kappa shape index (κ1) is 56.1. The van der Waals surface area contributed by atoms with E-state index in [0.29, 0.717) is 19.3 Å². The number of carbonyl (C=O) groups is 2. The summed E-state index contributed by atoms with van der Waals surface area (Å²) in [7, 11) is 0. The Morgan fingerprint density at radius 3 is 1.40 bits per heavy atom. The van der Waals surface area contributed by atoms with Crippen LogP contribution in [0.4, 0.5) is 0 Å². The summed E-state index contributed by atoms with van der Waals surface area (Å²) in [5.41, 5.74) is 0. The Morgan fingerprint density at radius 1 is 0.517 bits per heavy atom. The van der Waals surface area contributed by atoms with Gasteiger partial charge in [-0.25, -0.2) is 0 Å². The van der Waals surface area contributed by atoms with E-state index < -0.39 is 18.2 Å². The van der Waals surface area contributed by atoms with Gasteiger partial charge in [0.2, 0.25) is 5.91 Å². The Bertz CT molecular complexity index is 961. The molecular weight excluding hydrogens is 719 g/mol. The van der Waals surface area contributed by atoms with Gasteiger partial charge in [0, 0.05) is 6.42 Å². The van der Waals surface area contributed by atoms with Crippen LogP contribution in [0.1, 0.15) is 258 Å². The van der Waals surface area contributed by atoms with Crippen molar-refractivity contribution in [1.82, 2.24) is 5.32 Å².